The van der Waals surface area contributed by atoms with Crippen LogP contribution in [0.15, 0.2) is 42.5 Å². The van der Waals surface area contributed by atoms with Crippen molar-refractivity contribution in [2.45, 2.75) is 52.7 Å². The highest BCUT2D eigenvalue weighted by Gasteiger charge is 2.31. The molecule has 2 aromatic rings. The first-order valence-corrected chi connectivity index (χ1v) is 13.6. The van der Waals surface area contributed by atoms with Crippen LogP contribution in [0.1, 0.15) is 38.3 Å². The fraction of sp³-hybridized carbons (Fsp3) is 0.440. The van der Waals surface area contributed by atoms with Gasteiger partial charge in [-0.1, -0.05) is 42.8 Å². The van der Waals surface area contributed by atoms with E-state index in [2.05, 4.69) is 5.32 Å². The molecule has 0 spiro atoms. The average molecular weight is 524 g/mol. The second-order valence-corrected chi connectivity index (χ2v) is 10.9. The summed E-state index contributed by atoms with van der Waals surface area (Å²) in [5.74, 6) is -0.571. The van der Waals surface area contributed by atoms with Crippen LogP contribution in [0.3, 0.4) is 0 Å². The predicted molar refractivity (Wildman–Crippen MR) is 139 cm³/mol. The third-order valence-corrected chi connectivity index (χ3v) is 7.24. The minimum absolute atomic E-state index is 0.0379. The van der Waals surface area contributed by atoms with E-state index in [0.29, 0.717) is 16.3 Å². The molecule has 0 heterocycles. The van der Waals surface area contributed by atoms with Crippen molar-refractivity contribution in [3.63, 3.8) is 0 Å². The summed E-state index contributed by atoms with van der Waals surface area (Å²) < 4.78 is 31.9. The second kappa shape index (κ2) is 12.3. The van der Waals surface area contributed by atoms with Gasteiger partial charge in [0.15, 0.2) is 0 Å². The van der Waals surface area contributed by atoms with Gasteiger partial charge >= 0.3 is 0 Å². The van der Waals surface area contributed by atoms with Crippen molar-refractivity contribution in [3.05, 3.63) is 58.6 Å². The predicted octanol–water partition coefficient (Wildman–Crippen LogP) is 3.76. The van der Waals surface area contributed by atoms with E-state index in [0.717, 1.165) is 22.5 Å². The lowest BCUT2D eigenvalue weighted by molar-refractivity contribution is -0.139. The van der Waals surface area contributed by atoms with Gasteiger partial charge in [0.1, 0.15) is 18.3 Å². The van der Waals surface area contributed by atoms with E-state index in [1.807, 2.05) is 20.8 Å². The molecule has 0 radical (unpaired) electrons. The Hall–Kier alpha value is -2.78. The maximum atomic E-state index is 13.6. The van der Waals surface area contributed by atoms with E-state index in [1.165, 1.54) is 12.0 Å². The number of carbonyl (C=O) groups is 2. The fourth-order valence-electron chi connectivity index (χ4n) is 3.45. The third-order valence-electron chi connectivity index (χ3n) is 5.75. The molecule has 2 amide bonds. The van der Waals surface area contributed by atoms with E-state index in [-0.39, 0.29) is 24.2 Å². The lowest BCUT2D eigenvalue weighted by atomic mass is 10.1. The smallest absolute Gasteiger partial charge is 0.244 e. The number of anilines is 1. The van der Waals surface area contributed by atoms with Gasteiger partial charge in [-0.3, -0.25) is 13.9 Å². The number of ether oxygens (including phenoxy) is 1. The number of aryl methyl sites for hydroxylation is 1. The molecule has 0 fully saturated rings. The number of carbonyl (C=O) groups excluding carboxylic acids is 2. The van der Waals surface area contributed by atoms with E-state index in [9.17, 15) is 18.0 Å². The van der Waals surface area contributed by atoms with Crippen LogP contribution in [0, 0.1) is 6.92 Å². The first kappa shape index (κ1) is 28.5. The zero-order chi connectivity index (χ0) is 26.3. The number of hydrogen-bond acceptors (Lipinski definition) is 5. The van der Waals surface area contributed by atoms with Gasteiger partial charge in [-0.15, -0.1) is 0 Å². The summed E-state index contributed by atoms with van der Waals surface area (Å²) in [6.07, 6.45) is 1.76. The minimum Gasteiger partial charge on any atom is -0.495 e. The maximum Gasteiger partial charge on any atom is 0.244 e. The first-order chi connectivity index (χ1) is 16.4. The molecule has 2 aromatic carbocycles. The van der Waals surface area contributed by atoms with Crippen LogP contribution in [0.25, 0.3) is 0 Å². The summed E-state index contributed by atoms with van der Waals surface area (Å²) in [6, 6.07) is 11.2. The lowest BCUT2D eigenvalue weighted by Crippen LogP contribution is -2.52. The summed E-state index contributed by atoms with van der Waals surface area (Å²) in [7, 11) is -2.43. The molecule has 0 aliphatic carbocycles. The van der Waals surface area contributed by atoms with E-state index >= 15 is 0 Å². The number of hydrogen-bond donors (Lipinski definition) is 1. The van der Waals surface area contributed by atoms with Gasteiger partial charge < -0.3 is 15.0 Å². The highest BCUT2D eigenvalue weighted by molar-refractivity contribution is 7.92. The molecule has 0 bridgehead atoms. The number of halogens is 1. The summed E-state index contributed by atoms with van der Waals surface area (Å²) in [5, 5.41) is 3.33. The number of rotatable bonds is 11. The van der Waals surface area contributed by atoms with Gasteiger partial charge in [-0.25, -0.2) is 8.42 Å². The molecule has 2 rings (SSSR count). The van der Waals surface area contributed by atoms with Crippen molar-refractivity contribution in [3.8, 4) is 5.75 Å². The molecular weight excluding hydrogens is 490 g/mol. The molecule has 35 heavy (non-hydrogen) atoms. The van der Waals surface area contributed by atoms with Crippen LogP contribution >= 0.6 is 11.6 Å². The van der Waals surface area contributed by atoms with Gasteiger partial charge in [0, 0.05) is 17.6 Å². The van der Waals surface area contributed by atoms with Crippen LogP contribution in [-0.2, 0) is 26.2 Å². The second-order valence-electron chi connectivity index (χ2n) is 8.55. The van der Waals surface area contributed by atoms with E-state index in [4.69, 9.17) is 16.3 Å². The van der Waals surface area contributed by atoms with E-state index in [1.54, 1.807) is 49.4 Å². The first-order valence-electron chi connectivity index (χ1n) is 11.3. The monoisotopic (exact) mass is 523 g/mol. The largest absolute Gasteiger partial charge is 0.495 e. The summed E-state index contributed by atoms with van der Waals surface area (Å²) in [4.78, 5) is 27.9. The van der Waals surface area contributed by atoms with Crippen molar-refractivity contribution in [1.29, 1.82) is 0 Å². The van der Waals surface area contributed by atoms with Crippen LogP contribution < -0.4 is 14.4 Å². The Balaban J connectivity index is 2.47. The number of nitrogens with zero attached hydrogens (tertiary/aromatic N) is 2. The SMILES string of the molecule is CCC(C)NC(=O)C(C)N(Cc1ccccc1Cl)C(=O)CN(c1cc(C)ccc1OC)S(C)(=O)=O. The highest BCUT2D eigenvalue weighted by atomic mass is 35.5. The standard InChI is InChI=1S/C25H34ClN3O5S/c1-7-18(3)27-25(31)19(4)28(15-20-10-8-9-11-21(20)26)24(30)16-29(35(6,32)33)22-14-17(2)12-13-23(22)34-5/h8-14,18-19H,7,15-16H2,1-6H3,(H,27,31). The topological polar surface area (TPSA) is 96.0 Å². The Morgan fingerprint density at radius 2 is 1.80 bits per heavy atom. The van der Waals surface area contributed by atoms with Crippen molar-refractivity contribution in [2.75, 3.05) is 24.2 Å². The zero-order valence-corrected chi connectivity index (χ0v) is 22.6. The lowest BCUT2D eigenvalue weighted by Gasteiger charge is -2.32. The molecule has 2 unspecified atom stereocenters. The maximum absolute atomic E-state index is 13.6. The molecule has 0 saturated carbocycles. The van der Waals surface area contributed by atoms with Crippen molar-refractivity contribution >= 4 is 39.1 Å². The summed E-state index contributed by atoms with van der Waals surface area (Å²) in [6.45, 7) is 6.78. The molecule has 1 N–H and O–H groups in total. The molecule has 192 valence electrons. The number of nitrogens with one attached hydrogen (secondary N) is 1. The average Bonchev–Trinajstić information content (AvgIpc) is 2.80. The zero-order valence-electron chi connectivity index (χ0n) is 21.0. The fourth-order valence-corrected chi connectivity index (χ4v) is 4.49. The normalized spacial score (nSPS) is 13.0. The molecule has 10 heteroatoms. The van der Waals surface area contributed by atoms with Gasteiger partial charge in [-0.05, 0) is 56.5 Å². The molecule has 0 aromatic heterocycles. The third kappa shape index (κ3) is 7.60. The quantitative estimate of drug-likeness (QED) is 0.484. The number of benzene rings is 2. The van der Waals surface area contributed by atoms with Crippen LogP contribution in [0.4, 0.5) is 5.69 Å². The van der Waals surface area contributed by atoms with Crippen molar-refractivity contribution in [2.24, 2.45) is 0 Å². The highest BCUT2D eigenvalue weighted by Crippen LogP contribution is 2.31. The number of sulfonamides is 1. The Labute approximate surface area is 213 Å². The van der Waals surface area contributed by atoms with Crippen LogP contribution in [0.5, 0.6) is 5.75 Å². The van der Waals surface area contributed by atoms with Crippen molar-refractivity contribution in [1.82, 2.24) is 10.2 Å². The molecule has 0 aliphatic heterocycles. The van der Waals surface area contributed by atoms with Crippen LogP contribution in [-0.4, -0.2) is 57.1 Å². The Bertz CT molecular complexity index is 1160. The van der Waals surface area contributed by atoms with Gasteiger partial charge in [0.05, 0.1) is 19.1 Å². The molecule has 0 aliphatic rings. The number of amides is 2. The van der Waals surface area contributed by atoms with Gasteiger partial charge in [0.2, 0.25) is 21.8 Å². The molecule has 2 atom stereocenters. The van der Waals surface area contributed by atoms with Gasteiger partial charge in [0.25, 0.3) is 0 Å². The molecule has 0 saturated heterocycles. The summed E-state index contributed by atoms with van der Waals surface area (Å²) in [5.41, 5.74) is 1.69. The Kier molecular flexibility index (Phi) is 9.97. The van der Waals surface area contributed by atoms with Crippen molar-refractivity contribution < 1.29 is 22.7 Å². The van der Waals surface area contributed by atoms with Crippen LogP contribution in [0.2, 0.25) is 5.02 Å². The molecular formula is C25H34ClN3O5S. The Morgan fingerprint density at radius 1 is 1.14 bits per heavy atom. The minimum atomic E-state index is -3.87. The van der Waals surface area contributed by atoms with E-state index < -0.39 is 28.5 Å². The van der Waals surface area contributed by atoms with Gasteiger partial charge in [-0.2, -0.15) is 0 Å². The summed E-state index contributed by atoms with van der Waals surface area (Å²) >= 11 is 6.33. The molecule has 8 nitrogen and oxygen atoms in total. The Morgan fingerprint density at radius 3 is 2.37 bits per heavy atom. The number of methoxy groups -OCH3 is 1.